The first-order chi connectivity index (χ1) is 6.00. The van der Waals surface area contributed by atoms with Crippen molar-refractivity contribution in [2.75, 3.05) is 0 Å². The minimum absolute atomic E-state index is 0.0648. The highest BCUT2D eigenvalue weighted by molar-refractivity contribution is 9.10. The zero-order valence-electron chi connectivity index (χ0n) is 7.62. The fraction of sp³-hybridized carbons (Fsp3) is 0.444. The Morgan fingerprint density at radius 1 is 1.77 bits per heavy atom. The van der Waals surface area contributed by atoms with Crippen LogP contribution in [-0.4, -0.2) is 15.6 Å². The van der Waals surface area contributed by atoms with Gasteiger partial charge in [0, 0.05) is 13.2 Å². The molecule has 0 spiro atoms. The molecule has 1 aromatic rings. The van der Waals surface area contributed by atoms with Gasteiger partial charge >= 0.3 is 5.97 Å². The van der Waals surface area contributed by atoms with E-state index >= 15 is 0 Å². The van der Waals surface area contributed by atoms with Gasteiger partial charge in [-0.05, 0) is 33.5 Å². The number of aliphatic carboxylic acids is 1. The van der Waals surface area contributed by atoms with E-state index < -0.39 is 5.97 Å². The number of carboxylic acid groups (broad SMARTS) is 1. The number of halogens is 1. The molecule has 4 heteroatoms. The van der Waals surface area contributed by atoms with Crippen molar-refractivity contribution < 1.29 is 9.90 Å². The predicted molar refractivity (Wildman–Crippen MR) is 53.8 cm³/mol. The monoisotopic (exact) mass is 245 g/mol. The Balaban J connectivity index is 2.77. The molecule has 1 N–H and O–H groups in total. The second-order valence-corrected chi connectivity index (χ2v) is 4.02. The normalized spacial score (nSPS) is 12.8. The summed E-state index contributed by atoms with van der Waals surface area (Å²) in [6, 6.07) is 1.95. The lowest BCUT2D eigenvalue weighted by atomic mass is 10.0. The highest BCUT2D eigenvalue weighted by atomic mass is 79.9. The summed E-state index contributed by atoms with van der Waals surface area (Å²) in [6.07, 6.45) is 2.12. The Morgan fingerprint density at radius 3 is 2.77 bits per heavy atom. The van der Waals surface area contributed by atoms with Crippen molar-refractivity contribution in [2.24, 2.45) is 7.05 Å². The standard InChI is InChI=1S/C9H12BrNO2/c1-6(3-9(12)13)7-4-8(10)11(2)5-7/h4-6H,3H2,1-2H3,(H,12,13). The van der Waals surface area contributed by atoms with Crippen molar-refractivity contribution in [1.82, 2.24) is 4.57 Å². The fourth-order valence-electron chi connectivity index (χ4n) is 1.21. The molecule has 0 fully saturated rings. The molecule has 1 atom stereocenters. The maximum absolute atomic E-state index is 10.5. The van der Waals surface area contributed by atoms with Gasteiger partial charge in [-0.3, -0.25) is 4.79 Å². The van der Waals surface area contributed by atoms with E-state index in [0.29, 0.717) is 0 Å². The van der Waals surface area contributed by atoms with Gasteiger partial charge in [0.1, 0.15) is 0 Å². The van der Waals surface area contributed by atoms with E-state index in [2.05, 4.69) is 15.9 Å². The number of nitrogens with zero attached hydrogens (tertiary/aromatic N) is 1. The molecule has 0 aliphatic heterocycles. The highest BCUT2D eigenvalue weighted by Crippen LogP contribution is 2.23. The number of rotatable bonds is 3. The first kappa shape index (κ1) is 10.3. The van der Waals surface area contributed by atoms with Crippen LogP contribution in [0.1, 0.15) is 24.8 Å². The molecule has 1 heterocycles. The summed E-state index contributed by atoms with van der Waals surface area (Å²) in [5, 5.41) is 8.60. The molecule has 0 bridgehead atoms. The third kappa shape index (κ3) is 2.59. The van der Waals surface area contributed by atoms with Gasteiger partial charge in [-0.15, -0.1) is 0 Å². The number of aromatic nitrogens is 1. The van der Waals surface area contributed by atoms with Crippen LogP contribution >= 0.6 is 15.9 Å². The van der Waals surface area contributed by atoms with Gasteiger partial charge in [0.2, 0.25) is 0 Å². The molecule has 0 saturated heterocycles. The van der Waals surface area contributed by atoms with Crippen LogP contribution in [0, 0.1) is 0 Å². The molecule has 0 aliphatic rings. The molecular formula is C9H12BrNO2. The van der Waals surface area contributed by atoms with Crippen molar-refractivity contribution in [2.45, 2.75) is 19.3 Å². The minimum Gasteiger partial charge on any atom is -0.481 e. The van der Waals surface area contributed by atoms with Crippen molar-refractivity contribution in [3.63, 3.8) is 0 Å². The zero-order chi connectivity index (χ0) is 10.0. The molecule has 1 aromatic heterocycles. The molecule has 1 unspecified atom stereocenters. The van der Waals surface area contributed by atoms with Gasteiger partial charge in [-0.25, -0.2) is 0 Å². The smallest absolute Gasteiger partial charge is 0.303 e. The van der Waals surface area contributed by atoms with Gasteiger partial charge in [0.05, 0.1) is 11.0 Å². The molecule has 3 nitrogen and oxygen atoms in total. The average molecular weight is 246 g/mol. The summed E-state index contributed by atoms with van der Waals surface area (Å²) in [5.74, 6) is -0.692. The Morgan fingerprint density at radius 2 is 2.38 bits per heavy atom. The molecule has 72 valence electrons. The minimum atomic E-state index is -0.757. The van der Waals surface area contributed by atoms with Crippen LogP contribution in [0.5, 0.6) is 0 Å². The highest BCUT2D eigenvalue weighted by Gasteiger charge is 2.12. The third-order valence-electron chi connectivity index (χ3n) is 2.02. The molecule has 13 heavy (non-hydrogen) atoms. The maximum Gasteiger partial charge on any atom is 0.303 e. The Bertz CT molecular complexity index is 300. The first-order valence-corrected chi connectivity index (χ1v) is 4.83. The Kier molecular flexibility index (Phi) is 3.14. The van der Waals surface area contributed by atoms with Crippen LogP contribution in [-0.2, 0) is 11.8 Å². The number of carboxylic acids is 1. The molecule has 0 radical (unpaired) electrons. The van der Waals surface area contributed by atoms with Crippen molar-refractivity contribution >= 4 is 21.9 Å². The summed E-state index contributed by atoms with van der Waals surface area (Å²) >= 11 is 3.37. The molecular weight excluding hydrogens is 234 g/mol. The van der Waals surface area contributed by atoms with E-state index in [4.69, 9.17) is 5.11 Å². The summed E-state index contributed by atoms with van der Waals surface area (Å²) in [4.78, 5) is 10.5. The predicted octanol–water partition coefficient (Wildman–Crippen LogP) is 2.37. The Labute approximate surface area is 85.5 Å². The number of hydrogen-bond acceptors (Lipinski definition) is 1. The lowest BCUT2D eigenvalue weighted by Gasteiger charge is -2.04. The molecule has 0 aliphatic carbocycles. The average Bonchev–Trinajstić information content (AvgIpc) is 2.31. The quantitative estimate of drug-likeness (QED) is 0.889. The Hall–Kier alpha value is -0.770. The maximum atomic E-state index is 10.5. The summed E-state index contributed by atoms with van der Waals surface area (Å²) in [6.45, 7) is 1.91. The van der Waals surface area contributed by atoms with Crippen LogP contribution in [0.4, 0.5) is 0 Å². The zero-order valence-corrected chi connectivity index (χ0v) is 9.21. The molecule has 0 saturated carbocycles. The van der Waals surface area contributed by atoms with Gasteiger partial charge in [-0.1, -0.05) is 6.92 Å². The molecule has 0 amide bonds. The summed E-state index contributed by atoms with van der Waals surface area (Å²) in [7, 11) is 1.92. The van der Waals surface area contributed by atoms with Crippen LogP contribution in [0.15, 0.2) is 16.9 Å². The molecule has 1 rings (SSSR count). The van der Waals surface area contributed by atoms with E-state index in [1.165, 1.54) is 0 Å². The SMILES string of the molecule is CC(CC(=O)O)c1cc(Br)n(C)c1. The van der Waals surface area contributed by atoms with Crippen LogP contribution in [0.25, 0.3) is 0 Å². The summed E-state index contributed by atoms with van der Waals surface area (Å²) < 4.78 is 2.90. The number of aryl methyl sites for hydroxylation is 1. The lowest BCUT2D eigenvalue weighted by molar-refractivity contribution is -0.137. The van der Waals surface area contributed by atoms with Gasteiger partial charge in [-0.2, -0.15) is 0 Å². The van der Waals surface area contributed by atoms with Gasteiger partial charge in [0.25, 0.3) is 0 Å². The van der Waals surface area contributed by atoms with Crippen LogP contribution in [0.2, 0.25) is 0 Å². The van der Waals surface area contributed by atoms with Gasteiger partial charge < -0.3 is 9.67 Å². The van der Waals surface area contributed by atoms with Gasteiger partial charge in [0.15, 0.2) is 0 Å². The second kappa shape index (κ2) is 3.96. The van der Waals surface area contributed by atoms with Crippen LogP contribution in [0.3, 0.4) is 0 Å². The van der Waals surface area contributed by atoms with E-state index in [9.17, 15) is 4.79 Å². The lowest BCUT2D eigenvalue weighted by Crippen LogP contribution is -2.01. The first-order valence-electron chi connectivity index (χ1n) is 4.04. The van der Waals surface area contributed by atoms with E-state index in [0.717, 1.165) is 10.2 Å². The largest absolute Gasteiger partial charge is 0.481 e. The fourth-order valence-corrected chi connectivity index (χ4v) is 1.58. The second-order valence-electron chi connectivity index (χ2n) is 3.21. The van der Waals surface area contributed by atoms with Crippen molar-refractivity contribution in [1.29, 1.82) is 0 Å². The van der Waals surface area contributed by atoms with E-state index in [-0.39, 0.29) is 12.3 Å². The van der Waals surface area contributed by atoms with Crippen molar-refractivity contribution in [3.8, 4) is 0 Å². The van der Waals surface area contributed by atoms with E-state index in [1.54, 1.807) is 0 Å². The van der Waals surface area contributed by atoms with Crippen LogP contribution < -0.4 is 0 Å². The topological polar surface area (TPSA) is 42.2 Å². The van der Waals surface area contributed by atoms with E-state index in [1.807, 2.05) is 30.8 Å². The molecule has 0 aromatic carbocycles. The van der Waals surface area contributed by atoms with Crippen molar-refractivity contribution in [3.05, 3.63) is 22.4 Å². The number of hydrogen-bond donors (Lipinski definition) is 1. The summed E-state index contributed by atoms with van der Waals surface area (Å²) in [5.41, 5.74) is 1.05. The number of carbonyl (C=O) groups is 1. The third-order valence-corrected chi connectivity index (χ3v) is 2.80.